The Hall–Kier alpha value is -1.26. The molecule has 90 valence electrons. The zero-order chi connectivity index (χ0) is 12.5. The quantitative estimate of drug-likeness (QED) is 0.909. The van der Waals surface area contributed by atoms with Gasteiger partial charge in [0, 0.05) is 22.9 Å². The minimum absolute atomic E-state index is 0.260. The maximum atomic E-state index is 13.7. The van der Waals surface area contributed by atoms with Crippen LogP contribution in [0.25, 0.3) is 0 Å². The zero-order valence-corrected chi connectivity index (χ0v) is 10.7. The number of nitrogens with two attached hydrogens (primary N) is 1. The lowest BCUT2D eigenvalue weighted by atomic mass is 9.88. The molecule has 0 saturated heterocycles. The van der Waals surface area contributed by atoms with E-state index < -0.39 is 5.54 Å². The van der Waals surface area contributed by atoms with Gasteiger partial charge in [-0.1, -0.05) is 18.2 Å². The summed E-state index contributed by atoms with van der Waals surface area (Å²) in [5.41, 5.74) is 6.92. The lowest BCUT2D eigenvalue weighted by Gasteiger charge is -2.24. The highest BCUT2D eigenvalue weighted by Gasteiger charge is 2.25. The van der Waals surface area contributed by atoms with Crippen LogP contribution in [0.1, 0.15) is 23.2 Å². The molecule has 1 unspecified atom stereocenters. The van der Waals surface area contributed by atoms with E-state index in [0.717, 1.165) is 10.7 Å². The summed E-state index contributed by atoms with van der Waals surface area (Å²) in [7, 11) is 0. The summed E-state index contributed by atoms with van der Waals surface area (Å²) in [4.78, 5) is 4.37. The van der Waals surface area contributed by atoms with Crippen molar-refractivity contribution in [2.24, 2.45) is 5.73 Å². The molecule has 0 radical (unpaired) electrons. The molecular formula is C13H15FN2S. The van der Waals surface area contributed by atoms with Gasteiger partial charge in [-0.3, -0.25) is 0 Å². The van der Waals surface area contributed by atoms with Crippen LogP contribution in [0.3, 0.4) is 0 Å². The molecule has 2 rings (SSSR count). The molecule has 0 aliphatic rings. The lowest BCUT2D eigenvalue weighted by molar-refractivity contribution is 0.453. The topological polar surface area (TPSA) is 38.9 Å². The van der Waals surface area contributed by atoms with Gasteiger partial charge in [-0.15, -0.1) is 11.3 Å². The Morgan fingerprint density at radius 2 is 2.12 bits per heavy atom. The van der Waals surface area contributed by atoms with E-state index in [1.807, 2.05) is 19.2 Å². The zero-order valence-electron chi connectivity index (χ0n) is 9.90. The number of halogens is 1. The average Bonchev–Trinajstić information content (AvgIpc) is 2.63. The van der Waals surface area contributed by atoms with Gasteiger partial charge >= 0.3 is 0 Å². The van der Waals surface area contributed by atoms with E-state index in [9.17, 15) is 4.39 Å². The number of aromatic nitrogens is 1. The maximum Gasteiger partial charge on any atom is 0.128 e. The number of aryl methyl sites for hydroxylation is 1. The molecule has 2 N–H and O–H groups in total. The van der Waals surface area contributed by atoms with Crippen molar-refractivity contribution in [3.63, 3.8) is 0 Å². The molecule has 2 nitrogen and oxygen atoms in total. The number of benzene rings is 1. The molecule has 0 fully saturated rings. The highest BCUT2D eigenvalue weighted by Crippen LogP contribution is 2.25. The highest BCUT2D eigenvalue weighted by atomic mass is 32.1. The minimum Gasteiger partial charge on any atom is -0.321 e. The Morgan fingerprint density at radius 3 is 2.71 bits per heavy atom. The van der Waals surface area contributed by atoms with Gasteiger partial charge in [0.15, 0.2) is 0 Å². The maximum absolute atomic E-state index is 13.7. The predicted molar refractivity (Wildman–Crippen MR) is 68.5 cm³/mol. The van der Waals surface area contributed by atoms with Gasteiger partial charge < -0.3 is 5.73 Å². The van der Waals surface area contributed by atoms with Crippen molar-refractivity contribution >= 4 is 11.3 Å². The van der Waals surface area contributed by atoms with Crippen LogP contribution in [-0.2, 0) is 12.0 Å². The number of rotatable bonds is 3. The normalized spacial score (nSPS) is 14.6. The number of thiazole rings is 1. The van der Waals surface area contributed by atoms with Gasteiger partial charge in [-0.25, -0.2) is 9.37 Å². The fourth-order valence-electron chi connectivity index (χ4n) is 1.89. The van der Waals surface area contributed by atoms with E-state index >= 15 is 0 Å². The second-order valence-electron chi connectivity index (χ2n) is 4.43. The van der Waals surface area contributed by atoms with E-state index in [1.165, 1.54) is 6.07 Å². The van der Waals surface area contributed by atoms with Crippen LogP contribution in [0.2, 0.25) is 0 Å². The van der Waals surface area contributed by atoms with Crippen molar-refractivity contribution in [3.8, 4) is 0 Å². The van der Waals surface area contributed by atoms with Gasteiger partial charge in [0.2, 0.25) is 0 Å². The summed E-state index contributed by atoms with van der Waals surface area (Å²) in [6.45, 7) is 3.78. The minimum atomic E-state index is -0.730. The van der Waals surface area contributed by atoms with E-state index in [-0.39, 0.29) is 5.82 Å². The molecule has 1 aromatic carbocycles. The van der Waals surface area contributed by atoms with Crippen LogP contribution in [-0.4, -0.2) is 4.98 Å². The van der Waals surface area contributed by atoms with Crippen LogP contribution >= 0.6 is 11.3 Å². The van der Waals surface area contributed by atoms with Gasteiger partial charge in [-0.05, 0) is 19.9 Å². The standard InChI is InChI=1S/C13H15FN2S/c1-9-16-10(8-17-9)7-13(2,15)11-5-3-4-6-12(11)14/h3-6,8H,7,15H2,1-2H3. The number of hydrogen-bond donors (Lipinski definition) is 1. The summed E-state index contributed by atoms with van der Waals surface area (Å²) in [6.07, 6.45) is 0.540. The highest BCUT2D eigenvalue weighted by molar-refractivity contribution is 7.09. The van der Waals surface area contributed by atoms with Gasteiger partial charge in [0.25, 0.3) is 0 Å². The van der Waals surface area contributed by atoms with E-state index in [2.05, 4.69) is 4.98 Å². The van der Waals surface area contributed by atoms with Crippen LogP contribution in [0, 0.1) is 12.7 Å². The Kier molecular flexibility index (Phi) is 3.26. The molecule has 0 bridgehead atoms. The van der Waals surface area contributed by atoms with Crippen LogP contribution in [0.4, 0.5) is 4.39 Å². The molecule has 1 aromatic heterocycles. The summed E-state index contributed by atoms with van der Waals surface area (Å²) in [5, 5.41) is 2.98. The molecule has 0 amide bonds. The second-order valence-corrected chi connectivity index (χ2v) is 5.49. The SMILES string of the molecule is Cc1nc(CC(C)(N)c2ccccc2F)cs1. The van der Waals surface area contributed by atoms with Gasteiger partial charge in [-0.2, -0.15) is 0 Å². The Bertz CT molecular complexity index is 520. The molecule has 4 heteroatoms. The first kappa shape index (κ1) is 12.2. The molecule has 2 aromatic rings. The smallest absolute Gasteiger partial charge is 0.128 e. The largest absolute Gasteiger partial charge is 0.321 e. The summed E-state index contributed by atoms with van der Waals surface area (Å²) in [5.74, 6) is -0.260. The van der Waals surface area contributed by atoms with Crippen LogP contribution < -0.4 is 5.73 Å². The Morgan fingerprint density at radius 1 is 1.41 bits per heavy atom. The lowest BCUT2D eigenvalue weighted by Crippen LogP contribution is -2.36. The number of hydrogen-bond acceptors (Lipinski definition) is 3. The van der Waals surface area contributed by atoms with Crippen molar-refractivity contribution in [1.29, 1.82) is 0 Å². The van der Waals surface area contributed by atoms with E-state index in [1.54, 1.807) is 29.5 Å². The Balaban J connectivity index is 2.27. The fraction of sp³-hybridized carbons (Fsp3) is 0.308. The molecule has 0 saturated carbocycles. The summed E-state index contributed by atoms with van der Waals surface area (Å²) >= 11 is 1.58. The van der Waals surface area contributed by atoms with Gasteiger partial charge in [0.1, 0.15) is 5.82 Å². The monoisotopic (exact) mass is 250 g/mol. The first-order chi connectivity index (χ1) is 7.99. The van der Waals surface area contributed by atoms with Crippen molar-refractivity contribution in [3.05, 3.63) is 51.7 Å². The second kappa shape index (κ2) is 4.55. The van der Waals surface area contributed by atoms with Crippen molar-refractivity contribution in [2.75, 3.05) is 0 Å². The predicted octanol–water partition coefficient (Wildman–Crippen LogP) is 3.01. The first-order valence-corrected chi connectivity index (χ1v) is 6.32. The summed E-state index contributed by atoms with van der Waals surface area (Å²) in [6, 6.07) is 6.64. The molecular weight excluding hydrogens is 235 g/mol. The van der Waals surface area contributed by atoms with Crippen molar-refractivity contribution < 1.29 is 4.39 Å². The summed E-state index contributed by atoms with van der Waals surface area (Å²) < 4.78 is 13.7. The molecule has 17 heavy (non-hydrogen) atoms. The molecule has 1 atom stereocenters. The Labute approximate surface area is 104 Å². The average molecular weight is 250 g/mol. The third-order valence-electron chi connectivity index (χ3n) is 2.70. The third-order valence-corrected chi connectivity index (χ3v) is 3.53. The molecule has 0 spiro atoms. The fourth-order valence-corrected chi connectivity index (χ4v) is 2.50. The van der Waals surface area contributed by atoms with E-state index in [0.29, 0.717) is 12.0 Å². The van der Waals surface area contributed by atoms with E-state index in [4.69, 9.17) is 5.73 Å². The molecule has 0 aliphatic carbocycles. The first-order valence-electron chi connectivity index (χ1n) is 5.44. The van der Waals surface area contributed by atoms with Crippen molar-refractivity contribution in [2.45, 2.75) is 25.8 Å². The van der Waals surface area contributed by atoms with Crippen LogP contribution in [0.15, 0.2) is 29.6 Å². The molecule has 0 aliphatic heterocycles. The van der Waals surface area contributed by atoms with Crippen LogP contribution in [0.5, 0.6) is 0 Å². The van der Waals surface area contributed by atoms with Crippen molar-refractivity contribution in [1.82, 2.24) is 4.98 Å². The third kappa shape index (κ3) is 2.70. The van der Waals surface area contributed by atoms with Gasteiger partial charge in [0.05, 0.1) is 10.7 Å². The number of nitrogens with zero attached hydrogens (tertiary/aromatic N) is 1. The molecule has 1 heterocycles.